The van der Waals surface area contributed by atoms with Crippen molar-refractivity contribution in [2.75, 3.05) is 32.8 Å². The van der Waals surface area contributed by atoms with Gasteiger partial charge in [0.05, 0.1) is 6.61 Å². The number of carbonyl (C=O) groups excluding carboxylic acids is 1. The lowest BCUT2D eigenvalue weighted by Gasteiger charge is -2.24. The highest BCUT2D eigenvalue weighted by Crippen LogP contribution is 2.24. The molecule has 2 rings (SSSR count). The minimum atomic E-state index is -0.234. The molecule has 2 heterocycles. The van der Waals surface area contributed by atoms with Crippen LogP contribution in [0.15, 0.2) is 12.2 Å². The Balaban J connectivity index is 1.72. The Morgan fingerprint density at radius 2 is 2.41 bits per heavy atom. The topological polar surface area (TPSA) is 41.6 Å². The third-order valence-electron chi connectivity index (χ3n) is 3.58. The van der Waals surface area contributed by atoms with Gasteiger partial charge in [0.2, 0.25) is 0 Å². The second-order valence-electron chi connectivity index (χ2n) is 4.84. The SMILES string of the molecule is CCOC(=O)/C=C/CN1C[C@@H]2CCCN[C@@H]2C1. The number of ether oxygens (including phenoxy) is 1. The number of nitrogens with one attached hydrogen (secondary N) is 1. The van der Waals surface area contributed by atoms with E-state index in [0.717, 1.165) is 32.1 Å². The molecular formula is C13H22N2O2. The van der Waals surface area contributed by atoms with E-state index < -0.39 is 0 Å². The fraction of sp³-hybridized carbons (Fsp3) is 0.769. The summed E-state index contributed by atoms with van der Waals surface area (Å²) in [5.41, 5.74) is 0. The van der Waals surface area contributed by atoms with Gasteiger partial charge in [0.15, 0.2) is 0 Å². The molecule has 0 saturated carbocycles. The minimum absolute atomic E-state index is 0.234. The van der Waals surface area contributed by atoms with Gasteiger partial charge in [-0.05, 0) is 32.2 Å². The third kappa shape index (κ3) is 3.54. The first-order valence-electron chi connectivity index (χ1n) is 6.58. The van der Waals surface area contributed by atoms with E-state index in [2.05, 4.69) is 10.2 Å². The molecule has 0 spiro atoms. The number of likely N-dealkylation sites (tertiary alicyclic amines) is 1. The number of fused-ring (bicyclic) bond motifs is 1. The molecule has 2 atom stereocenters. The van der Waals surface area contributed by atoms with Crippen molar-refractivity contribution in [1.29, 1.82) is 0 Å². The molecule has 0 aliphatic carbocycles. The van der Waals surface area contributed by atoms with E-state index in [-0.39, 0.29) is 5.97 Å². The van der Waals surface area contributed by atoms with Gasteiger partial charge in [-0.1, -0.05) is 6.08 Å². The van der Waals surface area contributed by atoms with E-state index >= 15 is 0 Å². The standard InChI is InChI=1S/C13H22N2O2/c1-2-17-13(16)6-4-8-15-9-11-5-3-7-14-12(11)10-15/h4,6,11-12,14H,2-3,5,7-10H2,1H3/b6-4+/t11-,12+/m0/s1. The molecule has 0 amide bonds. The quantitative estimate of drug-likeness (QED) is 0.581. The molecule has 0 aromatic carbocycles. The molecule has 0 bridgehead atoms. The maximum Gasteiger partial charge on any atom is 0.330 e. The van der Waals surface area contributed by atoms with Crippen molar-refractivity contribution in [2.45, 2.75) is 25.8 Å². The fourth-order valence-corrected chi connectivity index (χ4v) is 2.77. The first-order chi connectivity index (χ1) is 8.29. The average molecular weight is 238 g/mol. The summed E-state index contributed by atoms with van der Waals surface area (Å²) < 4.78 is 4.84. The lowest BCUT2D eigenvalue weighted by Crippen LogP contribution is -2.40. The molecule has 0 unspecified atom stereocenters. The summed E-state index contributed by atoms with van der Waals surface area (Å²) in [6.45, 7) is 6.55. The van der Waals surface area contributed by atoms with E-state index in [0.29, 0.717) is 12.6 Å². The molecule has 2 aliphatic heterocycles. The Kier molecular flexibility index (Phi) is 4.57. The van der Waals surface area contributed by atoms with Gasteiger partial charge in [-0.25, -0.2) is 4.79 Å². The maximum atomic E-state index is 11.1. The molecule has 2 fully saturated rings. The molecule has 2 saturated heterocycles. The first-order valence-corrected chi connectivity index (χ1v) is 6.58. The molecule has 0 aromatic heterocycles. The summed E-state index contributed by atoms with van der Waals surface area (Å²) in [5.74, 6) is 0.571. The highest BCUT2D eigenvalue weighted by atomic mass is 16.5. The van der Waals surface area contributed by atoms with Gasteiger partial charge in [-0.2, -0.15) is 0 Å². The van der Waals surface area contributed by atoms with Gasteiger partial charge in [0, 0.05) is 31.8 Å². The van der Waals surface area contributed by atoms with Crippen LogP contribution in [-0.4, -0.2) is 49.7 Å². The number of nitrogens with zero attached hydrogens (tertiary/aromatic N) is 1. The van der Waals surface area contributed by atoms with Crippen LogP contribution in [0.4, 0.5) is 0 Å². The lowest BCUT2D eigenvalue weighted by molar-refractivity contribution is -0.137. The summed E-state index contributed by atoms with van der Waals surface area (Å²) >= 11 is 0. The first kappa shape index (κ1) is 12.6. The number of hydrogen-bond acceptors (Lipinski definition) is 4. The summed E-state index contributed by atoms with van der Waals surface area (Å²) in [7, 11) is 0. The Bertz CT molecular complexity index is 277. The van der Waals surface area contributed by atoms with Crippen LogP contribution < -0.4 is 5.32 Å². The molecule has 0 aromatic rings. The van der Waals surface area contributed by atoms with Gasteiger partial charge >= 0.3 is 5.97 Å². The lowest BCUT2D eigenvalue weighted by atomic mass is 9.94. The number of esters is 1. The van der Waals surface area contributed by atoms with E-state index in [4.69, 9.17) is 4.74 Å². The third-order valence-corrected chi connectivity index (χ3v) is 3.58. The van der Waals surface area contributed by atoms with Crippen molar-refractivity contribution in [3.05, 3.63) is 12.2 Å². The highest BCUT2D eigenvalue weighted by molar-refractivity contribution is 5.81. The molecular weight excluding hydrogens is 216 g/mol. The molecule has 96 valence electrons. The van der Waals surface area contributed by atoms with Crippen molar-refractivity contribution < 1.29 is 9.53 Å². The van der Waals surface area contributed by atoms with Crippen molar-refractivity contribution >= 4 is 5.97 Å². The highest BCUT2D eigenvalue weighted by Gasteiger charge is 2.33. The second-order valence-corrected chi connectivity index (χ2v) is 4.84. The largest absolute Gasteiger partial charge is 0.463 e. The van der Waals surface area contributed by atoms with Crippen LogP contribution in [0, 0.1) is 5.92 Å². The number of piperidine rings is 1. The predicted octanol–water partition coefficient (Wildman–Crippen LogP) is 0.790. The van der Waals surface area contributed by atoms with Gasteiger partial charge in [0.1, 0.15) is 0 Å². The molecule has 4 nitrogen and oxygen atoms in total. The number of hydrogen-bond donors (Lipinski definition) is 1. The zero-order valence-electron chi connectivity index (χ0n) is 10.5. The van der Waals surface area contributed by atoms with Crippen LogP contribution in [0.25, 0.3) is 0 Å². The summed E-state index contributed by atoms with van der Waals surface area (Å²) in [6, 6.07) is 0.666. The number of carbonyl (C=O) groups is 1. The predicted molar refractivity (Wildman–Crippen MR) is 66.7 cm³/mol. The van der Waals surface area contributed by atoms with Crippen molar-refractivity contribution in [1.82, 2.24) is 10.2 Å². The van der Waals surface area contributed by atoms with Gasteiger partial charge in [-0.3, -0.25) is 4.90 Å². The van der Waals surface area contributed by atoms with Crippen LogP contribution in [0.1, 0.15) is 19.8 Å². The van der Waals surface area contributed by atoms with Crippen LogP contribution in [0.2, 0.25) is 0 Å². The normalized spacial score (nSPS) is 29.5. The molecule has 1 N–H and O–H groups in total. The Hall–Kier alpha value is -0.870. The molecule has 2 aliphatic rings. The monoisotopic (exact) mass is 238 g/mol. The summed E-state index contributed by atoms with van der Waals surface area (Å²) in [4.78, 5) is 13.5. The van der Waals surface area contributed by atoms with Crippen molar-refractivity contribution in [3.63, 3.8) is 0 Å². The van der Waals surface area contributed by atoms with E-state index in [1.54, 1.807) is 6.08 Å². The van der Waals surface area contributed by atoms with E-state index in [9.17, 15) is 4.79 Å². The smallest absolute Gasteiger partial charge is 0.330 e. The van der Waals surface area contributed by atoms with Crippen molar-refractivity contribution in [2.24, 2.45) is 5.92 Å². The Morgan fingerprint density at radius 1 is 1.53 bits per heavy atom. The second kappa shape index (κ2) is 6.17. The fourth-order valence-electron chi connectivity index (χ4n) is 2.77. The number of rotatable bonds is 4. The summed E-state index contributed by atoms with van der Waals surface area (Å²) in [6.07, 6.45) is 6.09. The summed E-state index contributed by atoms with van der Waals surface area (Å²) in [5, 5.41) is 3.57. The van der Waals surface area contributed by atoms with Crippen LogP contribution in [0.5, 0.6) is 0 Å². The van der Waals surface area contributed by atoms with Crippen LogP contribution in [0.3, 0.4) is 0 Å². The Labute approximate surface area is 103 Å². The van der Waals surface area contributed by atoms with Crippen LogP contribution >= 0.6 is 0 Å². The zero-order chi connectivity index (χ0) is 12.1. The van der Waals surface area contributed by atoms with Crippen molar-refractivity contribution in [3.8, 4) is 0 Å². The van der Waals surface area contributed by atoms with Crippen LogP contribution in [-0.2, 0) is 9.53 Å². The maximum absolute atomic E-state index is 11.1. The van der Waals surface area contributed by atoms with Gasteiger partial charge in [0.25, 0.3) is 0 Å². The molecule has 4 heteroatoms. The zero-order valence-corrected chi connectivity index (χ0v) is 10.5. The molecule has 17 heavy (non-hydrogen) atoms. The van der Waals surface area contributed by atoms with E-state index in [1.165, 1.54) is 12.8 Å². The Morgan fingerprint density at radius 3 is 3.18 bits per heavy atom. The van der Waals surface area contributed by atoms with Gasteiger partial charge < -0.3 is 10.1 Å². The minimum Gasteiger partial charge on any atom is -0.463 e. The van der Waals surface area contributed by atoms with E-state index in [1.807, 2.05) is 13.0 Å². The molecule has 0 radical (unpaired) electrons. The van der Waals surface area contributed by atoms with Gasteiger partial charge in [-0.15, -0.1) is 0 Å². The average Bonchev–Trinajstić information content (AvgIpc) is 2.71.